The summed E-state index contributed by atoms with van der Waals surface area (Å²) >= 11 is 3.19. The van der Waals surface area contributed by atoms with Crippen LogP contribution in [0.2, 0.25) is 0 Å². The fraction of sp³-hybridized carbons (Fsp3) is 0.579. The van der Waals surface area contributed by atoms with Crippen molar-refractivity contribution >= 4 is 28.0 Å². The van der Waals surface area contributed by atoms with E-state index in [1.807, 2.05) is 0 Å². The van der Waals surface area contributed by atoms with Gasteiger partial charge in [0.05, 0.1) is 30.2 Å². The molecule has 1 rings (SSSR count). The van der Waals surface area contributed by atoms with Crippen molar-refractivity contribution in [1.29, 1.82) is 0 Å². The lowest BCUT2D eigenvalue weighted by atomic mass is 10.0. The van der Waals surface area contributed by atoms with Crippen LogP contribution in [0.3, 0.4) is 0 Å². The van der Waals surface area contributed by atoms with Crippen molar-refractivity contribution in [1.82, 2.24) is 5.32 Å². The predicted octanol–water partition coefficient (Wildman–Crippen LogP) is 0.946. The molecule has 12 heteroatoms. The molecule has 0 aromatic heterocycles. The van der Waals surface area contributed by atoms with Gasteiger partial charge in [0.25, 0.3) is 5.79 Å². The number of alkyl carbamates (subject to hydrolysis) is 1. The average molecular weight is 510 g/mol. The standard InChI is InChI=1S/C19H28BrNO10/c1-10(2)15(22)31-17(3,4)9-30-16(23)21-19(26,27)18(24,25)11-7-14(29-6)12(20)8-13(11)28-5/h7-8,10,24-27H,9H2,1-6H3,(H,21,23). The van der Waals surface area contributed by atoms with Crippen molar-refractivity contribution in [3.63, 3.8) is 0 Å². The first kappa shape index (κ1) is 26.9. The highest BCUT2D eigenvalue weighted by Crippen LogP contribution is 2.40. The molecule has 0 heterocycles. The number of ether oxygens (including phenoxy) is 4. The molecule has 0 saturated heterocycles. The van der Waals surface area contributed by atoms with E-state index in [0.29, 0.717) is 4.47 Å². The first-order valence-corrected chi connectivity index (χ1v) is 9.86. The third-order valence-corrected chi connectivity index (χ3v) is 4.63. The molecule has 1 aromatic carbocycles. The topological polar surface area (TPSA) is 164 Å². The van der Waals surface area contributed by atoms with Gasteiger partial charge in [0, 0.05) is 0 Å². The van der Waals surface area contributed by atoms with Crippen molar-refractivity contribution in [2.75, 3.05) is 20.8 Å². The van der Waals surface area contributed by atoms with E-state index in [1.54, 1.807) is 19.2 Å². The van der Waals surface area contributed by atoms with Gasteiger partial charge in [-0.1, -0.05) is 13.8 Å². The van der Waals surface area contributed by atoms with E-state index < -0.39 is 47.4 Å². The second-order valence-corrected chi connectivity index (χ2v) is 8.42. The lowest BCUT2D eigenvalue weighted by Gasteiger charge is -2.36. The molecule has 0 fully saturated rings. The highest BCUT2D eigenvalue weighted by Gasteiger charge is 2.53. The summed E-state index contributed by atoms with van der Waals surface area (Å²) in [5, 5.41) is 42.9. The van der Waals surface area contributed by atoms with Gasteiger partial charge in [-0.25, -0.2) is 4.79 Å². The number of hydrogen-bond acceptors (Lipinski definition) is 10. The molecule has 1 amide bonds. The zero-order valence-corrected chi connectivity index (χ0v) is 19.6. The molecule has 0 aliphatic carbocycles. The molecular weight excluding hydrogens is 482 g/mol. The SMILES string of the molecule is COc1cc(C(O)(O)C(O)(O)NC(=O)OCC(C)(C)OC(=O)C(C)C)c(OC)cc1Br. The molecule has 176 valence electrons. The molecular formula is C19H28BrNO10. The summed E-state index contributed by atoms with van der Waals surface area (Å²) in [4.78, 5) is 23.8. The van der Waals surface area contributed by atoms with Crippen LogP contribution in [-0.4, -0.2) is 64.8 Å². The zero-order chi connectivity index (χ0) is 24.2. The number of amides is 1. The number of esters is 1. The molecule has 11 nitrogen and oxygen atoms in total. The van der Waals surface area contributed by atoms with Gasteiger partial charge in [-0.05, 0) is 41.9 Å². The Morgan fingerprint density at radius 3 is 2.10 bits per heavy atom. The van der Waals surface area contributed by atoms with Crippen LogP contribution in [0.15, 0.2) is 16.6 Å². The maximum Gasteiger partial charge on any atom is 0.411 e. The summed E-state index contributed by atoms with van der Waals surface area (Å²) in [7, 11) is 2.52. The average Bonchev–Trinajstić information content (AvgIpc) is 2.65. The fourth-order valence-corrected chi connectivity index (χ4v) is 2.73. The fourth-order valence-electron chi connectivity index (χ4n) is 2.25. The summed E-state index contributed by atoms with van der Waals surface area (Å²) in [6.45, 7) is 5.77. The number of hydrogen-bond donors (Lipinski definition) is 5. The largest absolute Gasteiger partial charge is 0.496 e. The van der Waals surface area contributed by atoms with Gasteiger partial charge in [-0.2, -0.15) is 0 Å². The van der Waals surface area contributed by atoms with Crippen molar-refractivity contribution in [3.8, 4) is 11.5 Å². The second-order valence-electron chi connectivity index (χ2n) is 7.57. The quantitative estimate of drug-likeness (QED) is 0.239. The van der Waals surface area contributed by atoms with Gasteiger partial charge in [0.15, 0.2) is 0 Å². The van der Waals surface area contributed by atoms with Crippen LogP contribution in [-0.2, 0) is 20.1 Å². The molecule has 0 saturated carbocycles. The highest BCUT2D eigenvalue weighted by molar-refractivity contribution is 9.10. The Morgan fingerprint density at radius 2 is 1.61 bits per heavy atom. The first-order valence-electron chi connectivity index (χ1n) is 9.07. The van der Waals surface area contributed by atoms with Gasteiger partial charge in [0.2, 0.25) is 0 Å². The Bertz CT molecular complexity index is 807. The van der Waals surface area contributed by atoms with Crippen LogP contribution in [0, 0.1) is 5.92 Å². The van der Waals surface area contributed by atoms with Gasteiger partial charge in [-0.15, -0.1) is 0 Å². The molecule has 0 radical (unpaired) electrons. The van der Waals surface area contributed by atoms with E-state index in [0.717, 1.165) is 6.07 Å². The summed E-state index contributed by atoms with van der Waals surface area (Å²) in [6.07, 6.45) is -1.42. The van der Waals surface area contributed by atoms with Gasteiger partial charge < -0.3 is 39.4 Å². The Labute approximate surface area is 188 Å². The van der Waals surface area contributed by atoms with Gasteiger partial charge >= 0.3 is 18.0 Å². The molecule has 0 aliphatic heterocycles. The molecule has 0 bridgehead atoms. The lowest BCUT2D eigenvalue weighted by Crippen LogP contribution is -2.63. The molecule has 5 N–H and O–H groups in total. The number of halogens is 1. The molecule has 31 heavy (non-hydrogen) atoms. The van der Waals surface area contributed by atoms with Crippen LogP contribution in [0.5, 0.6) is 11.5 Å². The van der Waals surface area contributed by atoms with Crippen molar-refractivity contribution in [3.05, 3.63) is 22.2 Å². The summed E-state index contributed by atoms with van der Waals surface area (Å²) in [5.74, 6) is -8.02. The Kier molecular flexibility index (Phi) is 8.68. The van der Waals surface area contributed by atoms with E-state index in [1.165, 1.54) is 34.1 Å². The van der Waals surface area contributed by atoms with E-state index in [-0.39, 0.29) is 11.5 Å². The number of nitrogens with one attached hydrogen (secondary N) is 1. The van der Waals surface area contributed by atoms with Gasteiger partial charge in [-0.3, -0.25) is 10.1 Å². The number of carbonyl (C=O) groups is 2. The number of aliphatic hydroxyl groups is 4. The lowest BCUT2D eigenvalue weighted by molar-refractivity contribution is -0.375. The van der Waals surface area contributed by atoms with Gasteiger partial charge in [0.1, 0.15) is 23.7 Å². The third-order valence-electron chi connectivity index (χ3n) is 4.01. The predicted molar refractivity (Wildman–Crippen MR) is 110 cm³/mol. The van der Waals surface area contributed by atoms with Crippen molar-refractivity contribution < 1.29 is 49.0 Å². The zero-order valence-electron chi connectivity index (χ0n) is 18.1. The Balaban J connectivity index is 3.00. The van der Waals surface area contributed by atoms with Crippen LogP contribution >= 0.6 is 15.9 Å². The van der Waals surface area contributed by atoms with Crippen molar-refractivity contribution in [2.45, 2.75) is 45.0 Å². The van der Waals surface area contributed by atoms with Crippen molar-refractivity contribution in [2.24, 2.45) is 5.92 Å². The normalized spacial score (nSPS) is 12.4. The van der Waals surface area contributed by atoms with E-state index in [9.17, 15) is 30.0 Å². The van der Waals surface area contributed by atoms with E-state index in [4.69, 9.17) is 18.9 Å². The minimum Gasteiger partial charge on any atom is -0.496 e. The molecule has 0 atom stereocenters. The van der Waals surface area contributed by atoms with E-state index in [2.05, 4.69) is 15.9 Å². The number of carbonyl (C=O) groups excluding carboxylic acids is 2. The number of rotatable bonds is 9. The number of benzene rings is 1. The maximum absolute atomic E-state index is 12.1. The summed E-state index contributed by atoms with van der Waals surface area (Å²) in [6, 6.07) is 2.38. The molecule has 0 spiro atoms. The van der Waals surface area contributed by atoms with Crippen LogP contribution in [0.1, 0.15) is 33.3 Å². The first-order chi connectivity index (χ1) is 14.1. The Hall–Kier alpha value is -2.12. The van der Waals surface area contributed by atoms with Crippen LogP contribution in [0.4, 0.5) is 4.79 Å². The maximum atomic E-state index is 12.1. The van der Waals surface area contributed by atoms with E-state index >= 15 is 0 Å². The molecule has 0 unspecified atom stereocenters. The minimum atomic E-state index is -3.62. The highest BCUT2D eigenvalue weighted by atomic mass is 79.9. The molecule has 0 aliphatic rings. The summed E-state index contributed by atoms with van der Waals surface area (Å²) < 4.78 is 20.5. The third kappa shape index (κ3) is 6.68. The molecule has 1 aromatic rings. The Morgan fingerprint density at radius 1 is 1.06 bits per heavy atom. The smallest absolute Gasteiger partial charge is 0.411 e. The minimum absolute atomic E-state index is 0.121. The second kappa shape index (κ2) is 10.0. The monoisotopic (exact) mass is 509 g/mol. The number of methoxy groups -OCH3 is 2. The van der Waals surface area contributed by atoms with Crippen LogP contribution in [0.25, 0.3) is 0 Å². The summed E-state index contributed by atoms with van der Waals surface area (Å²) in [5.41, 5.74) is -1.74. The van der Waals surface area contributed by atoms with Crippen LogP contribution < -0.4 is 14.8 Å².